The van der Waals surface area contributed by atoms with Crippen LogP contribution in [0.4, 0.5) is 13.2 Å². The van der Waals surface area contributed by atoms with Crippen LogP contribution in [0.5, 0.6) is 0 Å². The number of halogens is 3. The number of nitrogens with one attached hydrogen (secondary N) is 1. The lowest BCUT2D eigenvalue weighted by atomic mass is 10.0. The summed E-state index contributed by atoms with van der Waals surface area (Å²) in [7, 11) is 0. The van der Waals surface area contributed by atoms with E-state index < -0.39 is 11.7 Å². The Morgan fingerprint density at radius 2 is 1.69 bits per heavy atom. The Kier molecular flexibility index (Phi) is 4.28. The van der Waals surface area contributed by atoms with Gasteiger partial charge < -0.3 is 5.32 Å². The lowest BCUT2D eigenvalue weighted by Crippen LogP contribution is -2.17. The number of hydrogen-bond donors (Lipinski definition) is 1. The third-order valence-corrected chi connectivity index (χ3v) is 4.62. The van der Waals surface area contributed by atoms with E-state index in [-0.39, 0.29) is 0 Å². The zero-order valence-electron chi connectivity index (χ0n) is 14.1. The van der Waals surface area contributed by atoms with Gasteiger partial charge in [0.15, 0.2) is 0 Å². The molecule has 6 heteroatoms. The van der Waals surface area contributed by atoms with Gasteiger partial charge in [-0.2, -0.15) is 18.3 Å². The van der Waals surface area contributed by atoms with Crippen molar-refractivity contribution in [2.24, 2.45) is 0 Å². The molecule has 2 aromatic carbocycles. The van der Waals surface area contributed by atoms with E-state index in [9.17, 15) is 13.2 Å². The molecule has 0 saturated carbocycles. The Morgan fingerprint density at radius 1 is 0.923 bits per heavy atom. The number of fused-ring (bicyclic) bond motifs is 1. The summed E-state index contributed by atoms with van der Waals surface area (Å²) in [5, 5.41) is 8.04. The fraction of sp³-hybridized carbons (Fsp3) is 0.250. The van der Waals surface area contributed by atoms with Crippen molar-refractivity contribution in [3.8, 4) is 16.9 Å². The second-order valence-corrected chi connectivity index (χ2v) is 6.35. The van der Waals surface area contributed by atoms with Gasteiger partial charge in [0, 0.05) is 24.1 Å². The van der Waals surface area contributed by atoms with E-state index in [0.29, 0.717) is 5.69 Å². The van der Waals surface area contributed by atoms with Gasteiger partial charge >= 0.3 is 6.18 Å². The maximum absolute atomic E-state index is 13.1. The summed E-state index contributed by atoms with van der Waals surface area (Å²) in [5.41, 5.74) is 3.66. The first-order chi connectivity index (χ1) is 12.5. The van der Waals surface area contributed by atoms with Crippen LogP contribution in [-0.2, 0) is 19.0 Å². The number of nitrogens with zero attached hydrogens (tertiary/aromatic N) is 2. The largest absolute Gasteiger partial charge is 0.416 e. The summed E-state index contributed by atoms with van der Waals surface area (Å²) in [6, 6.07) is 15.1. The van der Waals surface area contributed by atoms with Crippen molar-refractivity contribution in [1.29, 1.82) is 0 Å². The minimum Gasteiger partial charge on any atom is -0.316 e. The molecule has 26 heavy (non-hydrogen) atoms. The van der Waals surface area contributed by atoms with Gasteiger partial charge in [0.2, 0.25) is 0 Å². The molecule has 0 amide bonds. The summed E-state index contributed by atoms with van der Waals surface area (Å²) in [5.74, 6) is 0. The van der Waals surface area contributed by atoms with Crippen LogP contribution in [0.25, 0.3) is 16.9 Å². The quantitative estimate of drug-likeness (QED) is 0.743. The average Bonchev–Trinajstić information content (AvgIpc) is 2.85. The maximum atomic E-state index is 13.1. The highest BCUT2D eigenvalue weighted by molar-refractivity contribution is 5.67. The number of hydrogen-bond acceptors (Lipinski definition) is 2. The predicted octanol–water partition coefficient (Wildman–Crippen LogP) is 4.25. The van der Waals surface area contributed by atoms with Crippen LogP contribution in [0.1, 0.15) is 16.8 Å². The lowest BCUT2D eigenvalue weighted by Gasteiger charge is -2.13. The Morgan fingerprint density at radius 3 is 2.46 bits per heavy atom. The molecule has 4 rings (SSSR count). The molecule has 0 spiro atoms. The third kappa shape index (κ3) is 3.12. The van der Waals surface area contributed by atoms with Crippen molar-refractivity contribution < 1.29 is 13.2 Å². The number of aromatic nitrogens is 2. The SMILES string of the molecule is FC(F)(F)c1cccc(-n2nc3c(c2-c2ccccc2)CCNCC3)c1. The molecule has 1 N–H and O–H groups in total. The smallest absolute Gasteiger partial charge is 0.316 e. The molecular weight excluding hydrogens is 339 g/mol. The lowest BCUT2D eigenvalue weighted by molar-refractivity contribution is -0.137. The van der Waals surface area contributed by atoms with Gasteiger partial charge in [-0.25, -0.2) is 4.68 Å². The third-order valence-electron chi connectivity index (χ3n) is 4.62. The van der Waals surface area contributed by atoms with Crippen molar-refractivity contribution in [3.05, 3.63) is 71.4 Å². The zero-order chi connectivity index (χ0) is 18.1. The summed E-state index contributed by atoms with van der Waals surface area (Å²) in [6.07, 6.45) is -2.81. The highest BCUT2D eigenvalue weighted by atomic mass is 19.4. The molecule has 0 atom stereocenters. The minimum atomic E-state index is -4.38. The minimum absolute atomic E-state index is 0.430. The molecule has 3 nitrogen and oxygen atoms in total. The van der Waals surface area contributed by atoms with Gasteiger partial charge in [-0.3, -0.25) is 0 Å². The molecule has 2 heterocycles. The molecule has 1 aliphatic heterocycles. The molecule has 0 fully saturated rings. The molecule has 134 valence electrons. The summed E-state index contributed by atoms with van der Waals surface area (Å²) in [6.45, 7) is 1.65. The Bertz CT molecular complexity index is 914. The first kappa shape index (κ1) is 16.8. The summed E-state index contributed by atoms with van der Waals surface area (Å²) >= 11 is 0. The van der Waals surface area contributed by atoms with Crippen LogP contribution >= 0.6 is 0 Å². The fourth-order valence-corrected chi connectivity index (χ4v) is 3.40. The van der Waals surface area contributed by atoms with Crippen molar-refractivity contribution in [1.82, 2.24) is 15.1 Å². The van der Waals surface area contributed by atoms with E-state index in [4.69, 9.17) is 0 Å². The molecule has 0 bridgehead atoms. The van der Waals surface area contributed by atoms with Crippen LogP contribution in [0, 0.1) is 0 Å². The van der Waals surface area contributed by atoms with E-state index in [2.05, 4.69) is 10.4 Å². The molecule has 3 aromatic rings. The van der Waals surface area contributed by atoms with Crippen molar-refractivity contribution in [2.45, 2.75) is 19.0 Å². The first-order valence-corrected chi connectivity index (χ1v) is 8.58. The number of benzene rings is 2. The van der Waals surface area contributed by atoms with E-state index >= 15 is 0 Å². The Hall–Kier alpha value is -2.60. The van der Waals surface area contributed by atoms with E-state index in [1.807, 2.05) is 30.3 Å². The van der Waals surface area contributed by atoms with E-state index in [0.717, 1.165) is 60.6 Å². The standard InChI is InChI=1S/C20H18F3N3/c21-20(22,23)15-7-4-8-16(13-15)26-19(14-5-2-1-3-6-14)17-9-11-24-12-10-18(17)25-26/h1-8,13,24H,9-12H2. The van der Waals surface area contributed by atoms with Crippen LogP contribution in [0.15, 0.2) is 54.6 Å². The fourth-order valence-electron chi connectivity index (χ4n) is 3.40. The molecular formula is C20H18F3N3. The van der Waals surface area contributed by atoms with Crippen LogP contribution < -0.4 is 5.32 Å². The van der Waals surface area contributed by atoms with Crippen molar-refractivity contribution >= 4 is 0 Å². The summed E-state index contributed by atoms with van der Waals surface area (Å²) < 4.78 is 41.1. The molecule has 0 radical (unpaired) electrons. The second-order valence-electron chi connectivity index (χ2n) is 6.35. The average molecular weight is 357 g/mol. The van der Waals surface area contributed by atoms with Gasteiger partial charge in [0.25, 0.3) is 0 Å². The number of rotatable bonds is 2. The van der Waals surface area contributed by atoms with Gasteiger partial charge in [-0.05, 0) is 31.2 Å². The molecule has 0 saturated heterocycles. The maximum Gasteiger partial charge on any atom is 0.416 e. The van der Waals surface area contributed by atoms with Gasteiger partial charge in [-0.15, -0.1) is 0 Å². The van der Waals surface area contributed by atoms with Crippen molar-refractivity contribution in [3.63, 3.8) is 0 Å². The monoisotopic (exact) mass is 357 g/mol. The Labute approximate surface area is 149 Å². The molecule has 1 aromatic heterocycles. The van der Waals surface area contributed by atoms with E-state index in [1.54, 1.807) is 10.7 Å². The van der Waals surface area contributed by atoms with Gasteiger partial charge in [0.1, 0.15) is 0 Å². The second kappa shape index (κ2) is 6.61. The summed E-state index contributed by atoms with van der Waals surface area (Å²) in [4.78, 5) is 0. The molecule has 0 aliphatic carbocycles. The predicted molar refractivity (Wildman–Crippen MR) is 94.3 cm³/mol. The normalized spacial score (nSPS) is 14.7. The van der Waals surface area contributed by atoms with Crippen molar-refractivity contribution in [2.75, 3.05) is 13.1 Å². The van der Waals surface area contributed by atoms with Crippen LogP contribution in [-0.4, -0.2) is 22.9 Å². The highest BCUT2D eigenvalue weighted by Crippen LogP contribution is 2.34. The molecule has 0 unspecified atom stereocenters. The zero-order valence-corrected chi connectivity index (χ0v) is 14.1. The number of alkyl halides is 3. The van der Waals surface area contributed by atoms with Gasteiger partial charge in [0.05, 0.1) is 22.6 Å². The Balaban J connectivity index is 1.92. The van der Waals surface area contributed by atoms with Crippen LogP contribution in [0.2, 0.25) is 0 Å². The highest BCUT2D eigenvalue weighted by Gasteiger charge is 2.31. The topological polar surface area (TPSA) is 29.9 Å². The first-order valence-electron chi connectivity index (χ1n) is 8.58. The van der Waals surface area contributed by atoms with Crippen LogP contribution in [0.3, 0.4) is 0 Å². The van der Waals surface area contributed by atoms with Gasteiger partial charge in [-0.1, -0.05) is 36.4 Å². The van der Waals surface area contributed by atoms with E-state index in [1.165, 1.54) is 6.07 Å². The molecule has 1 aliphatic rings.